The quantitative estimate of drug-likeness (QED) is 0.736. The van der Waals surface area contributed by atoms with E-state index >= 15 is 0 Å². The molecule has 114 valence electrons. The smallest absolute Gasteiger partial charge is 0.186 e. The van der Waals surface area contributed by atoms with Crippen molar-refractivity contribution in [1.29, 1.82) is 0 Å². The molecule has 0 unspecified atom stereocenters. The Bertz CT molecular complexity index is 624. The van der Waals surface area contributed by atoms with Gasteiger partial charge in [-0.1, -0.05) is 13.8 Å². The maximum atomic E-state index is 12.6. The Hall–Kier alpha value is -1.91. The van der Waals surface area contributed by atoms with E-state index in [1.165, 1.54) is 0 Å². The topological polar surface area (TPSA) is 52.7 Å². The van der Waals surface area contributed by atoms with Crippen molar-refractivity contribution in [2.24, 2.45) is 0 Å². The van der Waals surface area contributed by atoms with Crippen LogP contribution in [0.1, 0.15) is 55.3 Å². The summed E-state index contributed by atoms with van der Waals surface area (Å²) >= 11 is 0. The van der Waals surface area contributed by atoms with Crippen LogP contribution in [-0.2, 0) is 32.4 Å². The predicted molar refractivity (Wildman–Crippen MR) is 82.6 cm³/mol. The van der Waals surface area contributed by atoms with Gasteiger partial charge in [-0.2, -0.15) is 10.2 Å². The van der Waals surface area contributed by atoms with Gasteiger partial charge < -0.3 is 0 Å². The molecular weight excluding hydrogens is 264 g/mol. The molecule has 2 heterocycles. The van der Waals surface area contributed by atoms with Gasteiger partial charge in [-0.15, -0.1) is 0 Å². The number of nitrogens with zero attached hydrogens (tertiary/aromatic N) is 4. The minimum absolute atomic E-state index is 0.112. The SMILES string of the molecule is CCc1cc(CC(=O)c2cc(CC)nn2CC)n(CC)n1. The summed E-state index contributed by atoms with van der Waals surface area (Å²) < 4.78 is 3.72. The summed E-state index contributed by atoms with van der Waals surface area (Å²) in [6.45, 7) is 9.69. The molecule has 0 aromatic carbocycles. The third kappa shape index (κ3) is 3.23. The van der Waals surface area contributed by atoms with Crippen molar-refractivity contribution < 1.29 is 4.79 Å². The first kappa shape index (κ1) is 15.5. The van der Waals surface area contributed by atoms with Crippen LogP contribution in [0.5, 0.6) is 0 Å². The fraction of sp³-hybridized carbons (Fsp3) is 0.562. The van der Waals surface area contributed by atoms with Crippen LogP contribution in [0.4, 0.5) is 0 Å². The van der Waals surface area contributed by atoms with Crippen LogP contribution in [0, 0.1) is 0 Å². The largest absolute Gasteiger partial charge is 0.292 e. The Morgan fingerprint density at radius 3 is 2.10 bits per heavy atom. The molecule has 0 fully saturated rings. The lowest BCUT2D eigenvalue weighted by molar-refractivity contribution is 0.0980. The highest BCUT2D eigenvalue weighted by atomic mass is 16.1. The molecule has 0 saturated heterocycles. The lowest BCUT2D eigenvalue weighted by Gasteiger charge is -2.05. The molecule has 2 aromatic rings. The van der Waals surface area contributed by atoms with E-state index < -0.39 is 0 Å². The Balaban J connectivity index is 2.25. The molecule has 5 nitrogen and oxygen atoms in total. The van der Waals surface area contributed by atoms with E-state index in [1.807, 2.05) is 30.7 Å². The standard InChI is InChI=1S/C16H24N4O/c1-5-12-9-14(19(7-3)17-12)11-16(21)15-10-13(6-2)18-20(15)8-4/h9-10H,5-8,11H2,1-4H3. The van der Waals surface area contributed by atoms with Crippen molar-refractivity contribution in [2.45, 2.75) is 60.0 Å². The summed E-state index contributed by atoms with van der Waals surface area (Å²) in [4.78, 5) is 12.6. The van der Waals surface area contributed by atoms with Crippen LogP contribution in [0.2, 0.25) is 0 Å². The van der Waals surface area contributed by atoms with E-state index in [2.05, 4.69) is 24.0 Å². The highest BCUT2D eigenvalue weighted by Gasteiger charge is 2.17. The van der Waals surface area contributed by atoms with Crippen LogP contribution in [0.15, 0.2) is 12.1 Å². The summed E-state index contributed by atoms with van der Waals surface area (Å²) in [6.07, 6.45) is 2.12. The minimum atomic E-state index is 0.112. The Labute approximate surface area is 126 Å². The van der Waals surface area contributed by atoms with Gasteiger partial charge in [0.15, 0.2) is 5.78 Å². The minimum Gasteiger partial charge on any atom is -0.292 e. The van der Waals surface area contributed by atoms with Gasteiger partial charge in [-0.05, 0) is 38.8 Å². The Morgan fingerprint density at radius 1 is 0.952 bits per heavy atom. The van der Waals surface area contributed by atoms with E-state index in [4.69, 9.17) is 0 Å². The zero-order chi connectivity index (χ0) is 15.4. The molecule has 0 aliphatic rings. The lowest BCUT2D eigenvalue weighted by atomic mass is 10.1. The average Bonchev–Trinajstić information content (AvgIpc) is 3.10. The van der Waals surface area contributed by atoms with E-state index in [0.717, 1.165) is 36.5 Å². The van der Waals surface area contributed by atoms with Crippen molar-refractivity contribution in [3.8, 4) is 0 Å². The number of Topliss-reactive ketones (excluding diaryl/α,β-unsaturated/α-hetero) is 1. The van der Waals surface area contributed by atoms with Gasteiger partial charge in [-0.25, -0.2) is 0 Å². The van der Waals surface area contributed by atoms with Gasteiger partial charge >= 0.3 is 0 Å². The maximum Gasteiger partial charge on any atom is 0.186 e. The van der Waals surface area contributed by atoms with Crippen molar-refractivity contribution in [2.75, 3.05) is 0 Å². The fourth-order valence-corrected chi connectivity index (χ4v) is 2.47. The predicted octanol–water partition coefficient (Wildman–Crippen LogP) is 2.67. The van der Waals surface area contributed by atoms with Crippen LogP contribution in [0.25, 0.3) is 0 Å². The fourth-order valence-electron chi connectivity index (χ4n) is 2.47. The van der Waals surface area contributed by atoms with E-state index in [1.54, 1.807) is 4.68 Å². The number of hydrogen-bond donors (Lipinski definition) is 0. The third-order valence-corrected chi connectivity index (χ3v) is 3.70. The number of aryl methyl sites for hydroxylation is 4. The Kier molecular flexibility index (Phi) is 4.94. The molecule has 0 atom stereocenters. The Morgan fingerprint density at radius 2 is 1.52 bits per heavy atom. The van der Waals surface area contributed by atoms with E-state index in [-0.39, 0.29) is 5.78 Å². The van der Waals surface area contributed by atoms with Crippen molar-refractivity contribution >= 4 is 5.78 Å². The van der Waals surface area contributed by atoms with Crippen LogP contribution in [-0.4, -0.2) is 25.3 Å². The average molecular weight is 288 g/mol. The second-order valence-corrected chi connectivity index (χ2v) is 5.09. The molecule has 2 rings (SSSR count). The molecule has 0 saturated carbocycles. The molecule has 21 heavy (non-hydrogen) atoms. The summed E-state index contributed by atoms with van der Waals surface area (Å²) in [7, 11) is 0. The molecule has 0 spiro atoms. The molecule has 2 aromatic heterocycles. The number of carbonyl (C=O) groups excluding carboxylic acids is 1. The zero-order valence-electron chi connectivity index (χ0n) is 13.4. The molecule has 0 bridgehead atoms. The molecule has 5 heteroatoms. The van der Waals surface area contributed by atoms with Gasteiger partial charge in [0.2, 0.25) is 0 Å². The van der Waals surface area contributed by atoms with Crippen molar-refractivity contribution in [1.82, 2.24) is 19.6 Å². The first-order valence-corrected chi connectivity index (χ1v) is 7.78. The van der Waals surface area contributed by atoms with Crippen LogP contribution >= 0.6 is 0 Å². The van der Waals surface area contributed by atoms with E-state index in [0.29, 0.717) is 18.7 Å². The summed E-state index contributed by atoms with van der Waals surface area (Å²) in [6, 6.07) is 3.95. The van der Waals surface area contributed by atoms with Crippen molar-refractivity contribution in [3.05, 3.63) is 34.9 Å². The molecular formula is C16H24N4O. The van der Waals surface area contributed by atoms with Gasteiger partial charge in [0.25, 0.3) is 0 Å². The maximum absolute atomic E-state index is 12.6. The van der Waals surface area contributed by atoms with Gasteiger partial charge in [0.1, 0.15) is 5.69 Å². The monoisotopic (exact) mass is 288 g/mol. The molecule has 0 N–H and O–H groups in total. The van der Waals surface area contributed by atoms with Gasteiger partial charge in [0, 0.05) is 18.8 Å². The van der Waals surface area contributed by atoms with E-state index in [9.17, 15) is 4.79 Å². The molecule has 0 radical (unpaired) electrons. The van der Waals surface area contributed by atoms with Gasteiger partial charge in [0.05, 0.1) is 17.8 Å². The molecule has 0 aliphatic carbocycles. The highest BCUT2D eigenvalue weighted by Crippen LogP contribution is 2.12. The normalized spacial score (nSPS) is 11.0. The number of rotatable bonds is 7. The first-order valence-electron chi connectivity index (χ1n) is 7.78. The van der Waals surface area contributed by atoms with Crippen molar-refractivity contribution in [3.63, 3.8) is 0 Å². The highest BCUT2D eigenvalue weighted by molar-refractivity contribution is 5.96. The zero-order valence-corrected chi connectivity index (χ0v) is 13.4. The molecule has 0 aliphatic heterocycles. The third-order valence-electron chi connectivity index (χ3n) is 3.70. The number of hydrogen-bond acceptors (Lipinski definition) is 3. The second-order valence-electron chi connectivity index (χ2n) is 5.09. The number of ketones is 1. The number of aromatic nitrogens is 4. The second kappa shape index (κ2) is 6.70. The lowest BCUT2D eigenvalue weighted by Crippen LogP contribution is -2.14. The number of carbonyl (C=O) groups is 1. The van der Waals surface area contributed by atoms with Crippen LogP contribution in [0.3, 0.4) is 0 Å². The van der Waals surface area contributed by atoms with Crippen LogP contribution < -0.4 is 0 Å². The molecule has 0 amide bonds. The summed E-state index contributed by atoms with van der Waals surface area (Å²) in [5.41, 5.74) is 3.70. The van der Waals surface area contributed by atoms with Gasteiger partial charge in [-0.3, -0.25) is 14.2 Å². The summed E-state index contributed by atoms with van der Waals surface area (Å²) in [5.74, 6) is 0.112. The first-order chi connectivity index (χ1) is 10.1. The summed E-state index contributed by atoms with van der Waals surface area (Å²) in [5, 5.41) is 8.95.